The van der Waals surface area contributed by atoms with E-state index in [9.17, 15) is 4.79 Å². The number of rotatable bonds is 6. The van der Waals surface area contributed by atoms with Crippen LogP contribution in [0.25, 0.3) is 0 Å². The highest BCUT2D eigenvalue weighted by Crippen LogP contribution is 2.17. The minimum atomic E-state index is -0.0356. The van der Waals surface area contributed by atoms with Gasteiger partial charge in [-0.1, -0.05) is 41.9 Å². The number of hydrogen-bond acceptors (Lipinski definition) is 4. The van der Waals surface area contributed by atoms with E-state index in [0.29, 0.717) is 17.4 Å². The number of aromatic nitrogens is 1. The van der Waals surface area contributed by atoms with Gasteiger partial charge in [0.15, 0.2) is 0 Å². The van der Waals surface area contributed by atoms with E-state index in [4.69, 9.17) is 11.6 Å². The third-order valence-corrected chi connectivity index (χ3v) is 3.53. The summed E-state index contributed by atoms with van der Waals surface area (Å²) in [5.41, 5.74) is 1.09. The van der Waals surface area contributed by atoms with Crippen molar-refractivity contribution in [3.8, 4) is 0 Å². The van der Waals surface area contributed by atoms with Crippen LogP contribution in [0, 0.1) is 0 Å². The number of benzene rings is 1. The van der Waals surface area contributed by atoms with Gasteiger partial charge in [0, 0.05) is 13.1 Å². The van der Waals surface area contributed by atoms with Crippen LogP contribution in [0.3, 0.4) is 0 Å². The highest BCUT2D eigenvalue weighted by Gasteiger charge is 2.03. The lowest BCUT2D eigenvalue weighted by Crippen LogP contribution is -2.33. The molecule has 0 aliphatic carbocycles. The van der Waals surface area contributed by atoms with Gasteiger partial charge in [0.2, 0.25) is 5.91 Å². The van der Waals surface area contributed by atoms with Gasteiger partial charge < -0.3 is 10.6 Å². The van der Waals surface area contributed by atoms with Gasteiger partial charge in [-0.3, -0.25) is 4.79 Å². The van der Waals surface area contributed by atoms with Crippen LogP contribution in [0.15, 0.2) is 36.5 Å². The average Bonchev–Trinajstić information content (AvgIpc) is 2.83. The van der Waals surface area contributed by atoms with Crippen LogP contribution in [0.4, 0.5) is 0 Å². The number of halogens is 1. The molecule has 2 N–H and O–H groups in total. The summed E-state index contributed by atoms with van der Waals surface area (Å²) >= 11 is 7.18. The van der Waals surface area contributed by atoms with Crippen molar-refractivity contribution in [1.82, 2.24) is 15.6 Å². The fraction of sp³-hybridized carbons (Fsp3) is 0.231. The first-order valence-corrected chi connectivity index (χ1v) is 7.05. The summed E-state index contributed by atoms with van der Waals surface area (Å²) in [6.07, 6.45) is 1.61. The van der Waals surface area contributed by atoms with Gasteiger partial charge in [-0.25, -0.2) is 4.98 Å². The van der Waals surface area contributed by atoms with Gasteiger partial charge in [0.05, 0.1) is 12.7 Å². The van der Waals surface area contributed by atoms with Crippen molar-refractivity contribution in [3.05, 3.63) is 51.4 Å². The number of carbonyl (C=O) groups is 1. The Kier molecular flexibility index (Phi) is 5.32. The summed E-state index contributed by atoms with van der Waals surface area (Å²) in [6.45, 7) is 1.37. The Balaban J connectivity index is 1.65. The highest BCUT2D eigenvalue weighted by atomic mass is 35.5. The Bertz CT molecular complexity index is 530. The third kappa shape index (κ3) is 4.98. The molecule has 0 spiro atoms. The topological polar surface area (TPSA) is 54.0 Å². The molecule has 0 saturated heterocycles. The minimum absolute atomic E-state index is 0.0356. The van der Waals surface area contributed by atoms with E-state index in [1.807, 2.05) is 30.3 Å². The van der Waals surface area contributed by atoms with Crippen molar-refractivity contribution in [2.45, 2.75) is 13.1 Å². The highest BCUT2D eigenvalue weighted by molar-refractivity contribution is 7.15. The number of nitrogens with zero attached hydrogens (tertiary/aromatic N) is 1. The Morgan fingerprint density at radius 3 is 2.74 bits per heavy atom. The van der Waals surface area contributed by atoms with Gasteiger partial charge in [0.1, 0.15) is 9.34 Å². The SMILES string of the molecule is O=C(CNCc1ncc(Cl)s1)NCc1ccccc1. The lowest BCUT2D eigenvalue weighted by atomic mass is 10.2. The van der Waals surface area contributed by atoms with Crippen LogP contribution in [0.2, 0.25) is 4.34 Å². The van der Waals surface area contributed by atoms with Crippen LogP contribution in [-0.4, -0.2) is 17.4 Å². The molecule has 1 amide bonds. The molecule has 0 radical (unpaired) electrons. The summed E-state index contributed by atoms with van der Waals surface area (Å²) in [5, 5.41) is 6.75. The van der Waals surface area contributed by atoms with Gasteiger partial charge in [-0.05, 0) is 5.56 Å². The molecule has 19 heavy (non-hydrogen) atoms. The predicted octanol–water partition coefficient (Wildman–Crippen LogP) is 2.20. The molecule has 0 saturated carbocycles. The number of thiazole rings is 1. The van der Waals surface area contributed by atoms with E-state index in [1.54, 1.807) is 6.20 Å². The van der Waals surface area contributed by atoms with Crippen molar-refractivity contribution in [1.29, 1.82) is 0 Å². The summed E-state index contributed by atoms with van der Waals surface area (Å²) in [7, 11) is 0. The zero-order valence-corrected chi connectivity index (χ0v) is 11.8. The fourth-order valence-corrected chi connectivity index (χ4v) is 2.44. The molecule has 2 rings (SSSR count). The largest absolute Gasteiger partial charge is 0.351 e. The monoisotopic (exact) mass is 295 g/mol. The Morgan fingerprint density at radius 2 is 2.05 bits per heavy atom. The molecule has 6 heteroatoms. The van der Waals surface area contributed by atoms with Gasteiger partial charge in [-0.2, -0.15) is 0 Å². The quantitative estimate of drug-likeness (QED) is 0.859. The van der Waals surface area contributed by atoms with Gasteiger partial charge in [0.25, 0.3) is 0 Å². The van der Waals surface area contributed by atoms with Gasteiger partial charge in [-0.15, -0.1) is 11.3 Å². The maximum atomic E-state index is 11.6. The standard InChI is InChI=1S/C13H14ClN3OS/c14-11-7-17-13(19-11)9-15-8-12(18)16-6-10-4-2-1-3-5-10/h1-5,7,15H,6,8-9H2,(H,16,18). The van der Waals surface area contributed by atoms with E-state index in [2.05, 4.69) is 15.6 Å². The van der Waals surface area contributed by atoms with Crippen molar-refractivity contribution < 1.29 is 4.79 Å². The van der Waals surface area contributed by atoms with Crippen molar-refractivity contribution in [2.24, 2.45) is 0 Å². The van der Waals surface area contributed by atoms with E-state index < -0.39 is 0 Å². The first-order chi connectivity index (χ1) is 9.24. The molecule has 100 valence electrons. The number of amides is 1. The van der Waals surface area contributed by atoms with Crippen molar-refractivity contribution in [2.75, 3.05) is 6.54 Å². The van der Waals surface area contributed by atoms with Crippen LogP contribution >= 0.6 is 22.9 Å². The maximum Gasteiger partial charge on any atom is 0.234 e. The molecule has 1 heterocycles. The predicted molar refractivity (Wildman–Crippen MR) is 77.1 cm³/mol. The Labute approximate surface area is 120 Å². The zero-order valence-electron chi connectivity index (χ0n) is 10.2. The molecule has 4 nitrogen and oxygen atoms in total. The summed E-state index contributed by atoms with van der Waals surface area (Å²) in [4.78, 5) is 15.7. The average molecular weight is 296 g/mol. The van der Waals surface area contributed by atoms with E-state index in [-0.39, 0.29) is 12.5 Å². The van der Waals surface area contributed by atoms with Crippen LogP contribution in [-0.2, 0) is 17.9 Å². The second-order valence-electron chi connectivity index (χ2n) is 3.92. The smallest absolute Gasteiger partial charge is 0.234 e. The molecule has 0 aliphatic heterocycles. The van der Waals surface area contributed by atoms with Crippen molar-refractivity contribution >= 4 is 28.8 Å². The van der Waals surface area contributed by atoms with E-state index in [1.165, 1.54) is 11.3 Å². The van der Waals surface area contributed by atoms with Gasteiger partial charge >= 0.3 is 0 Å². The first-order valence-electron chi connectivity index (χ1n) is 5.85. The zero-order chi connectivity index (χ0) is 13.5. The molecular formula is C13H14ClN3OS. The second kappa shape index (κ2) is 7.23. The number of carbonyl (C=O) groups excluding carboxylic acids is 1. The third-order valence-electron chi connectivity index (χ3n) is 2.42. The van der Waals surface area contributed by atoms with Crippen molar-refractivity contribution in [3.63, 3.8) is 0 Å². The summed E-state index contributed by atoms with van der Waals surface area (Å²) in [6, 6.07) is 9.81. The molecule has 0 bridgehead atoms. The number of hydrogen-bond donors (Lipinski definition) is 2. The lowest BCUT2D eigenvalue weighted by Gasteiger charge is -2.05. The molecule has 0 aliphatic rings. The normalized spacial score (nSPS) is 10.4. The summed E-state index contributed by atoms with van der Waals surface area (Å²) in [5.74, 6) is -0.0356. The van der Waals surface area contributed by atoms with Crippen LogP contribution < -0.4 is 10.6 Å². The molecule has 1 aromatic carbocycles. The number of nitrogens with one attached hydrogen (secondary N) is 2. The molecule has 0 atom stereocenters. The fourth-order valence-electron chi connectivity index (χ4n) is 1.51. The first kappa shape index (κ1) is 14.0. The molecule has 1 aromatic heterocycles. The molecular weight excluding hydrogens is 282 g/mol. The summed E-state index contributed by atoms with van der Waals surface area (Å²) < 4.78 is 0.658. The second-order valence-corrected chi connectivity index (χ2v) is 5.67. The molecule has 0 fully saturated rings. The maximum absolute atomic E-state index is 11.6. The minimum Gasteiger partial charge on any atom is -0.351 e. The molecule has 2 aromatic rings. The lowest BCUT2D eigenvalue weighted by molar-refractivity contribution is -0.120. The molecule has 0 unspecified atom stereocenters. The Morgan fingerprint density at radius 1 is 1.26 bits per heavy atom. The van der Waals surface area contributed by atoms with Crippen LogP contribution in [0.1, 0.15) is 10.6 Å². The Hall–Kier alpha value is -1.43. The van der Waals surface area contributed by atoms with E-state index in [0.717, 1.165) is 10.6 Å². The van der Waals surface area contributed by atoms with E-state index >= 15 is 0 Å². The van der Waals surface area contributed by atoms with Crippen LogP contribution in [0.5, 0.6) is 0 Å².